The zero-order valence-corrected chi connectivity index (χ0v) is 11.2. The second-order valence-corrected chi connectivity index (χ2v) is 5.61. The summed E-state index contributed by atoms with van der Waals surface area (Å²) < 4.78 is 24.8. The van der Waals surface area contributed by atoms with Crippen LogP contribution in [0.3, 0.4) is 0 Å². The topological polar surface area (TPSA) is 44.5 Å². The molecule has 2 N–H and O–H groups in total. The fourth-order valence-corrected chi connectivity index (χ4v) is 3.47. The Kier molecular flexibility index (Phi) is 3.23. The number of hydrogen-bond donors (Lipinski definition) is 1. The molecule has 1 aromatic carbocycles. The third kappa shape index (κ3) is 2.35. The Hall–Kier alpha value is -1.13. The predicted molar refractivity (Wildman–Crippen MR) is 71.4 cm³/mol. The lowest BCUT2D eigenvalue weighted by Gasteiger charge is -2.36. The third-order valence-electron chi connectivity index (χ3n) is 4.35. The molecule has 1 spiro atoms. The number of benzene rings is 1. The Balaban J connectivity index is 1.78. The molecule has 104 valence electrons. The number of anilines is 1. The molecular formula is C15H20FNO2. The van der Waals surface area contributed by atoms with Crippen molar-refractivity contribution < 1.29 is 13.9 Å². The average molecular weight is 265 g/mol. The Morgan fingerprint density at radius 3 is 2.42 bits per heavy atom. The van der Waals surface area contributed by atoms with Crippen LogP contribution in [0.15, 0.2) is 12.1 Å². The normalized spacial score (nSPS) is 23.1. The van der Waals surface area contributed by atoms with E-state index in [1.165, 1.54) is 6.07 Å². The van der Waals surface area contributed by atoms with Gasteiger partial charge < -0.3 is 15.2 Å². The fraction of sp³-hybridized carbons (Fsp3) is 0.600. The van der Waals surface area contributed by atoms with Gasteiger partial charge in [-0.1, -0.05) is 0 Å². The molecule has 0 aromatic heterocycles. The van der Waals surface area contributed by atoms with E-state index in [9.17, 15) is 4.39 Å². The minimum atomic E-state index is -0.348. The van der Waals surface area contributed by atoms with E-state index >= 15 is 0 Å². The van der Waals surface area contributed by atoms with Crippen LogP contribution in [0, 0.1) is 12.7 Å². The largest absolute Gasteiger partial charge is 0.398 e. The van der Waals surface area contributed by atoms with Crippen molar-refractivity contribution >= 4 is 5.69 Å². The quantitative estimate of drug-likeness (QED) is 0.793. The maximum Gasteiger partial charge on any atom is 0.168 e. The lowest BCUT2D eigenvalue weighted by atomic mass is 9.79. The Labute approximate surface area is 112 Å². The minimum Gasteiger partial charge on any atom is -0.398 e. The van der Waals surface area contributed by atoms with Gasteiger partial charge in [0, 0.05) is 18.5 Å². The van der Waals surface area contributed by atoms with Gasteiger partial charge in [-0.25, -0.2) is 4.39 Å². The van der Waals surface area contributed by atoms with Crippen LogP contribution in [0.1, 0.15) is 42.7 Å². The van der Waals surface area contributed by atoms with Crippen LogP contribution in [0.4, 0.5) is 10.1 Å². The van der Waals surface area contributed by atoms with E-state index < -0.39 is 0 Å². The van der Waals surface area contributed by atoms with Gasteiger partial charge in [0.2, 0.25) is 0 Å². The van der Waals surface area contributed by atoms with E-state index in [1.807, 2.05) is 6.92 Å². The van der Waals surface area contributed by atoms with Crippen molar-refractivity contribution in [3.05, 3.63) is 29.1 Å². The number of hydrogen-bond acceptors (Lipinski definition) is 3. The summed E-state index contributed by atoms with van der Waals surface area (Å²) in [5, 5.41) is 0. The first-order valence-electron chi connectivity index (χ1n) is 6.93. The molecule has 0 radical (unpaired) electrons. The maximum atomic E-state index is 13.3. The van der Waals surface area contributed by atoms with Gasteiger partial charge in [0.15, 0.2) is 5.79 Å². The molecule has 1 heterocycles. The molecule has 1 aromatic rings. The molecule has 19 heavy (non-hydrogen) atoms. The Bertz CT molecular complexity index is 450. The highest BCUT2D eigenvalue weighted by atomic mass is 19.1. The average Bonchev–Trinajstić information content (AvgIpc) is 2.79. The van der Waals surface area contributed by atoms with Crippen LogP contribution in [-0.2, 0) is 9.47 Å². The second kappa shape index (κ2) is 4.76. The summed E-state index contributed by atoms with van der Waals surface area (Å²) in [5.74, 6) is -0.216. The molecule has 2 fully saturated rings. The van der Waals surface area contributed by atoms with Crippen molar-refractivity contribution in [3.8, 4) is 0 Å². The summed E-state index contributed by atoms with van der Waals surface area (Å²) in [4.78, 5) is 0. The van der Waals surface area contributed by atoms with E-state index in [1.54, 1.807) is 6.07 Å². The zero-order valence-electron chi connectivity index (χ0n) is 11.2. The molecule has 0 bridgehead atoms. The number of nitrogen functional groups attached to an aromatic ring is 1. The molecule has 0 atom stereocenters. The van der Waals surface area contributed by atoms with Crippen molar-refractivity contribution in [2.75, 3.05) is 18.9 Å². The van der Waals surface area contributed by atoms with Gasteiger partial charge in [-0.05, 0) is 48.9 Å². The Morgan fingerprint density at radius 1 is 1.21 bits per heavy atom. The summed E-state index contributed by atoms with van der Waals surface area (Å²) in [6, 6.07) is 2.99. The van der Waals surface area contributed by atoms with Gasteiger partial charge in [-0.15, -0.1) is 0 Å². The molecule has 0 unspecified atom stereocenters. The van der Waals surface area contributed by atoms with Crippen LogP contribution >= 0.6 is 0 Å². The van der Waals surface area contributed by atoms with E-state index in [2.05, 4.69) is 0 Å². The number of rotatable bonds is 1. The number of halogens is 1. The van der Waals surface area contributed by atoms with Crippen LogP contribution < -0.4 is 5.73 Å². The van der Waals surface area contributed by atoms with E-state index in [0.29, 0.717) is 24.8 Å². The minimum absolute atomic E-state index is 0.256. The van der Waals surface area contributed by atoms with E-state index in [4.69, 9.17) is 15.2 Å². The van der Waals surface area contributed by atoms with Crippen LogP contribution in [0.25, 0.3) is 0 Å². The monoisotopic (exact) mass is 265 g/mol. The molecule has 1 saturated carbocycles. The van der Waals surface area contributed by atoms with Crippen molar-refractivity contribution in [3.63, 3.8) is 0 Å². The highest BCUT2D eigenvalue weighted by Gasteiger charge is 2.41. The van der Waals surface area contributed by atoms with Gasteiger partial charge in [0.05, 0.1) is 13.2 Å². The molecule has 0 amide bonds. The maximum absolute atomic E-state index is 13.3. The van der Waals surface area contributed by atoms with Gasteiger partial charge >= 0.3 is 0 Å². The fourth-order valence-electron chi connectivity index (χ4n) is 3.47. The van der Waals surface area contributed by atoms with Gasteiger partial charge in [-0.3, -0.25) is 0 Å². The lowest BCUT2D eigenvalue weighted by Crippen LogP contribution is -2.34. The van der Waals surface area contributed by atoms with Crippen molar-refractivity contribution in [1.29, 1.82) is 0 Å². The Morgan fingerprint density at radius 2 is 1.84 bits per heavy atom. The number of aryl methyl sites for hydroxylation is 1. The van der Waals surface area contributed by atoms with E-state index in [0.717, 1.165) is 36.8 Å². The third-order valence-corrected chi connectivity index (χ3v) is 4.35. The molecule has 2 aliphatic rings. The summed E-state index contributed by atoms with van der Waals surface area (Å²) in [6.45, 7) is 3.33. The molecule has 3 rings (SSSR count). The summed E-state index contributed by atoms with van der Waals surface area (Å²) in [5.41, 5.74) is 8.63. The van der Waals surface area contributed by atoms with Crippen molar-refractivity contribution in [1.82, 2.24) is 0 Å². The van der Waals surface area contributed by atoms with E-state index in [-0.39, 0.29) is 11.6 Å². The molecule has 1 aliphatic heterocycles. The molecule has 4 heteroatoms. The predicted octanol–water partition coefficient (Wildman–Crippen LogP) is 3.12. The highest BCUT2D eigenvalue weighted by Crippen LogP contribution is 2.44. The SMILES string of the molecule is Cc1cc(F)cc(N)c1C1CCC2(CC1)OCCO2. The first-order valence-corrected chi connectivity index (χ1v) is 6.93. The lowest BCUT2D eigenvalue weighted by molar-refractivity contribution is -0.178. The van der Waals surface area contributed by atoms with Crippen molar-refractivity contribution in [2.45, 2.75) is 44.3 Å². The second-order valence-electron chi connectivity index (χ2n) is 5.61. The first kappa shape index (κ1) is 12.9. The highest BCUT2D eigenvalue weighted by molar-refractivity contribution is 5.53. The standard InChI is InChI=1S/C15H20FNO2/c1-10-8-12(16)9-13(17)14(10)11-2-4-15(5-3-11)18-6-7-19-15/h8-9,11H,2-7,17H2,1H3. The van der Waals surface area contributed by atoms with Crippen LogP contribution in [0.2, 0.25) is 0 Å². The summed E-state index contributed by atoms with van der Waals surface area (Å²) in [7, 11) is 0. The van der Waals surface area contributed by atoms with Crippen LogP contribution in [0.5, 0.6) is 0 Å². The molecular weight excluding hydrogens is 245 g/mol. The van der Waals surface area contributed by atoms with Gasteiger partial charge in [-0.2, -0.15) is 0 Å². The number of ether oxygens (including phenoxy) is 2. The van der Waals surface area contributed by atoms with Gasteiger partial charge in [0.1, 0.15) is 5.82 Å². The van der Waals surface area contributed by atoms with Crippen molar-refractivity contribution in [2.24, 2.45) is 0 Å². The first-order chi connectivity index (χ1) is 9.10. The zero-order chi connectivity index (χ0) is 13.5. The van der Waals surface area contributed by atoms with Crippen LogP contribution in [-0.4, -0.2) is 19.0 Å². The molecule has 1 saturated heterocycles. The number of nitrogens with two attached hydrogens (primary N) is 1. The molecule has 1 aliphatic carbocycles. The van der Waals surface area contributed by atoms with Gasteiger partial charge in [0.25, 0.3) is 0 Å². The summed E-state index contributed by atoms with van der Waals surface area (Å²) in [6.07, 6.45) is 3.76. The molecule has 3 nitrogen and oxygen atoms in total. The summed E-state index contributed by atoms with van der Waals surface area (Å²) >= 11 is 0. The smallest absolute Gasteiger partial charge is 0.168 e.